The highest BCUT2D eigenvalue weighted by molar-refractivity contribution is 6.30. The number of benzene rings is 2. The first kappa shape index (κ1) is 19.2. The van der Waals surface area contributed by atoms with Crippen LogP contribution in [0, 0.1) is 0 Å². The Labute approximate surface area is 171 Å². The molecule has 0 saturated carbocycles. The summed E-state index contributed by atoms with van der Waals surface area (Å²) in [5.41, 5.74) is 2.00. The SMILES string of the molecule is C=CCN1C(=O)c2ccc(C(=O)OCc3cc(Cl)cc4c3OCOC4)cc2C1=O. The van der Waals surface area contributed by atoms with Crippen LogP contribution in [0.4, 0.5) is 0 Å². The van der Waals surface area contributed by atoms with E-state index in [1.54, 1.807) is 12.1 Å². The van der Waals surface area contributed by atoms with Crippen molar-refractivity contribution in [1.29, 1.82) is 0 Å². The van der Waals surface area contributed by atoms with Gasteiger partial charge in [-0.1, -0.05) is 17.7 Å². The lowest BCUT2D eigenvalue weighted by molar-refractivity contribution is -0.0180. The summed E-state index contributed by atoms with van der Waals surface area (Å²) in [5.74, 6) is -0.911. The van der Waals surface area contributed by atoms with Gasteiger partial charge < -0.3 is 14.2 Å². The molecule has 0 N–H and O–H groups in total. The molecule has 0 saturated heterocycles. The van der Waals surface area contributed by atoms with E-state index in [2.05, 4.69) is 6.58 Å². The van der Waals surface area contributed by atoms with Gasteiger partial charge in [-0.15, -0.1) is 6.58 Å². The number of carbonyl (C=O) groups excluding carboxylic acids is 3. The topological polar surface area (TPSA) is 82.1 Å². The minimum Gasteiger partial charge on any atom is -0.467 e. The average Bonchev–Trinajstić information content (AvgIpc) is 2.96. The normalized spacial score (nSPS) is 14.9. The van der Waals surface area contributed by atoms with Crippen molar-refractivity contribution in [3.8, 4) is 5.75 Å². The molecule has 2 aromatic rings. The van der Waals surface area contributed by atoms with Crippen LogP contribution in [-0.2, 0) is 22.7 Å². The first-order valence-electron chi connectivity index (χ1n) is 8.79. The molecule has 148 valence electrons. The Kier molecular flexibility index (Phi) is 5.08. The van der Waals surface area contributed by atoms with E-state index in [-0.39, 0.29) is 36.6 Å². The molecule has 0 atom stereocenters. The molecule has 2 aliphatic heterocycles. The van der Waals surface area contributed by atoms with Gasteiger partial charge in [0.2, 0.25) is 0 Å². The molecule has 0 radical (unpaired) electrons. The molecule has 0 unspecified atom stereocenters. The van der Waals surface area contributed by atoms with E-state index >= 15 is 0 Å². The largest absolute Gasteiger partial charge is 0.467 e. The van der Waals surface area contributed by atoms with Gasteiger partial charge in [-0.3, -0.25) is 14.5 Å². The monoisotopic (exact) mass is 413 g/mol. The Hall–Kier alpha value is -3.16. The number of rotatable bonds is 5. The molecule has 0 spiro atoms. The van der Waals surface area contributed by atoms with Crippen LogP contribution in [0.25, 0.3) is 0 Å². The summed E-state index contributed by atoms with van der Waals surface area (Å²) in [5, 5.41) is 0.479. The number of ether oxygens (including phenoxy) is 3. The van der Waals surface area contributed by atoms with Crippen molar-refractivity contribution in [3.05, 3.63) is 75.8 Å². The van der Waals surface area contributed by atoms with Gasteiger partial charge in [-0.05, 0) is 30.3 Å². The summed E-state index contributed by atoms with van der Waals surface area (Å²) in [6.07, 6.45) is 1.47. The first-order valence-corrected chi connectivity index (χ1v) is 9.17. The molecule has 29 heavy (non-hydrogen) atoms. The second-order valence-corrected chi connectivity index (χ2v) is 6.95. The van der Waals surface area contributed by atoms with Gasteiger partial charge >= 0.3 is 5.97 Å². The maximum Gasteiger partial charge on any atom is 0.338 e. The van der Waals surface area contributed by atoms with Crippen LogP contribution in [0.2, 0.25) is 5.02 Å². The highest BCUT2D eigenvalue weighted by atomic mass is 35.5. The van der Waals surface area contributed by atoms with Crippen LogP contribution in [0.1, 0.15) is 42.2 Å². The van der Waals surface area contributed by atoms with Gasteiger partial charge in [0.25, 0.3) is 11.8 Å². The van der Waals surface area contributed by atoms with E-state index in [0.29, 0.717) is 22.9 Å². The Bertz CT molecular complexity index is 1050. The highest BCUT2D eigenvalue weighted by Gasteiger charge is 2.35. The Morgan fingerprint density at radius 3 is 2.79 bits per heavy atom. The van der Waals surface area contributed by atoms with E-state index < -0.39 is 17.8 Å². The van der Waals surface area contributed by atoms with Crippen LogP contribution in [0.3, 0.4) is 0 Å². The van der Waals surface area contributed by atoms with Crippen LogP contribution < -0.4 is 4.74 Å². The maximum absolute atomic E-state index is 12.5. The van der Waals surface area contributed by atoms with Crippen LogP contribution in [-0.4, -0.2) is 36.0 Å². The van der Waals surface area contributed by atoms with E-state index in [1.807, 2.05) is 0 Å². The lowest BCUT2D eigenvalue weighted by atomic mass is 10.1. The Morgan fingerprint density at radius 1 is 1.21 bits per heavy atom. The summed E-state index contributed by atoms with van der Waals surface area (Å²) in [4.78, 5) is 38.3. The number of halogens is 1. The molecule has 0 aliphatic carbocycles. The standard InChI is InChI=1S/C21H16ClNO6/c1-2-5-23-19(24)16-4-3-12(8-17(16)20(23)25)21(26)28-10-14-7-15(22)6-13-9-27-11-29-18(13)14/h2-4,6-8H,1,5,9-11H2. The number of esters is 1. The lowest BCUT2D eigenvalue weighted by Crippen LogP contribution is -2.29. The molecule has 2 heterocycles. The summed E-state index contributed by atoms with van der Waals surface area (Å²) in [6.45, 7) is 4.06. The van der Waals surface area contributed by atoms with E-state index in [9.17, 15) is 14.4 Å². The van der Waals surface area contributed by atoms with Gasteiger partial charge in [-0.25, -0.2) is 4.79 Å². The number of carbonyl (C=O) groups is 3. The smallest absolute Gasteiger partial charge is 0.338 e. The fraction of sp³-hybridized carbons (Fsp3) is 0.190. The van der Waals surface area contributed by atoms with E-state index in [4.69, 9.17) is 25.8 Å². The Balaban J connectivity index is 1.53. The number of hydrogen-bond acceptors (Lipinski definition) is 6. The molecule has 8 heteroatoms. The molecule has 2 aromatic carbocycles. The molecule has 2 amide bonds. The van der Waals surface area contributed by atoms with Crippen LogP contribution in [0.15, 0.2) is 43.0 Å². The summed E-state index contributed by atoms with van der Waals surface area (Å²) < 4.78 is 16.1. The van der Waals surface area contributed by atoms with Crippen molar-refractivity contribution >= 4 is 29.4 Å². The molecule has 2 aliphatic rings. The van der Waals surface area contributed by atoms with Crippen molar-refractivity contribution in [3.63, 3.8) is 0 Å². The third kappa shape index (κ3) is 3.50. The van der Waals surface area contributed by atoms with Gasteiger partial charge in [0, 0.05) is 22.7 Å². The average molecular weight is 414 g/mol. The molecular weight excluding hydrogens is 398 g/mol. The lowest BCUT2D eigenvalue weighted by Gasteiger charge is -2.21. The van der Waals surface area contributed by atoms with Crippen molar-refractivity contribution in [1.82, 2.24) is 4.90 Å². The Morgan fingerprint density at radius 2 is 2.00 bits per heavy atom. The first-order chi connectivity index (χ1) is 14.0. The van der Waals surface area contributed by atoms with Crippen molar-refractivity contribution in [2.24, 2.45) is 0 Å². The maximum atomic E-state index is 12.5. The highest BCUT2D eigenvalue weighted by Crippen LogP contribution is 2.32. The predicted molar refractivity (Wildman–Crippen MR) is 103 cm³/mol. The summed E-state index contributed by atoms with van der Waals surface area (Å²) in [6, 6.07) is 7.69. The fourth-order valence-electron chi connectivity index (χ4n) is 3.30. The predicted octanol–water partition coefficient (Wildman–Crippen LogP) is 3.35. The minimum absolute atomic E-state index is 0.0612. The number of hydrogen-bond donors (Lipinski definition) is 0. The van der Waals surface area contributed by atoms with Gasteiger partial charge in [0.1, 0.15) is 12.4 Å². The van der Waals surface area contributed by atoms with Gasteiger partial charge in [0.15, 0.2) is 6.79 Å². The van der Waals surface area contributed by atoms with Gasteiger partial charge in [-0.2, -0.15) is 0 Å². The summed E-state index contributed by atoms with van der Waals surface area (Å²) in [7, 11) is 0. The van der Waals surface area contributed by atoms with Crippen molar-refractivity contribution in [2.45, 2.75) is 13.2 Å². The number of fused-ring (bicyclic) bond motifs is 2. The quantitative estimate of drug-likeness (QED) is 0.425. The number of amides is 2. The second kappa shape index (κ2) is 7.69. The molecular formula is C21H16ClNO6. The zero-order valence-corrected chi connectivity index (χ0v) is 16.0. The number of nitrogens with zero attached hydrogens (tertiary/aromatic N) is 1. The van der Waals surface area contributed by atoms with Gasteiger partial charge in [0.05, 0.1) is 23.3 Å². The third-order valence-corrected chi connectivity index (χ3v) is 4.85. The van der Waals surface area contributed by atoms with Crippen LogP contribution in [0.5, 0.6) is 5.75 Å². The second-order valence-electron chi connectivity index (χ2n) is 6.51. The molecule has 0 fully saturated rings. The summed E-state index contributed by atoms with van der Waals surface area (Å²) >= 11 is 6.11. The zero-order valence-electron chi connectivity index (χ0n) is 15.3. The molecule has 4 rings (SSSR count). The van der Waals surface area contributed by atoms with E-state index in [0.717, 1.165) is 10.5 Å². The minimum atomic E-state index is -0.629. The van der Waals surface area contributed by atoms with E-state index in [1.165, 1.54) is 24.3 Å². The van der Waals surface area contributed by atoms with Crippen LogP contribution >= 0.6 is 11.6 Å². The molecule has 0 aromatic heterocycles. The fourth-order valence-corrected chi connectivity index (χ4v) is 3.57. The zero-order chi connectivity index (χ0) is 20.5. The van der Waals surface area contributed by atoms with Crippen molar-refractivity contribution < 1.29 is 28.6 Å². The third-order valence-electron chi connectivity index (χ3n) is 4.63. The van der Waals surface area contributed by atoms with Crippen molar-refractivity contribution in [2.75, 3.05) is 13.3 Å². The molecule has 0 bridgehead atoms. The number of imide groups is 1. The molecule has 7 nitrogen and oxygen atoms in total.